The van der Waals surface area contributed by atoms with Crippen molar-refractivity contribution in [2.75, 3.05) is 43.1 Å². The lowest BCUT2D eigenvalue weighted by Crippen LogP contribution is -2.36. The molecule has 1 aliphatic heterocycles. The molecular weight excluding hydrogens is 390 g/mol. The molecule has 1 saturated heterocycles. The average Bonchev–Trinajstić information content (AvgIpc) is 2.67. The maximum absolute atomic E-state index is 12.3. The summed E-state index contributed by atoms with van der Waals surface area (Å²) in [7, 11) is 0. The van der Waals surface area contributed by atoms with E-state index in [-0.39, 0.29) is 13.0 Å². The molecule has 30 heavy (non-hydrogen) atoms. The number of nitrogens with zero attached hydrogens (tertiary/aromatic N) is 1. The van der Waals surface area contributed by atoms with Crippen LogP contribution in [0, 0.1) is 0 Å². The number of hydrogen-bond donors (Lipinski definition) is 2. The van der Waals surface area contributed by atoms with Gasteiger partial charge in [0.15, 0.2) is 6.10 Å². The molecule has 1 heterocycles. The molecule has 0 unspecified atom stereocenters. The lowest BCUT2D eigenvalue weighted by molar-refractivity contribution is -0.153. The van der Waals surface area contributed by atoms with Crippen LogP contribution in [0.3, 0.4) is 0 Å². The van der Waals surface area contributed by atoms with Gasteiger partial charge in [0.2, 0.25) is 0 Å². The molecule has 1 atom stereocenters. The SMILES string of the molecule is C[C@@H](OC(=O)CCNC(=O)OC(C)(C)C)C(=O)Nc1ccc(N2CCOCC2)cc1. The van der Waals surface area contributed by atoms with Crippen LogP contribution in [0.4, 0.5) is 16.2 Å². The number of rotatable bonds is 7. The number of anilines is 2. The number of carbonyl (C=O) groups is 3. The van der Waals surface area contributed by atoms with Gasteiger partial charge < -0.3 is 29.7 Å². The summed E-state index contributed by atoms with van der Waals surface area (Å²) in [6, 6.07) is 7.48. The van der Waals surface area contributed by atoms with Gasteiger partial charge in [0.25, 0.3) is 5.91 Å². The highest BCUT2D eigenvalue weighted by atomic mass is 16.6. The number of morpholine rings is 1. The molecular formula is C21H31N3O6. The van der Waals surface area contributed by atoms with Crippen molar-refractivity contribution < 1.29 is 28.6 Å². The third kappa shape index (κ3) is 8.28. The highest BCUT2D eigenvalue weighted by Gasteiger charge is 2.19. The van der Waals surface area contributed by atoms with Crippen LogP contribution in [-0.4, -0.2) is 62.5 Å². The van der Waals surface area contributed by atoms with Crippen molar-refractivity contribution in [1.82, 2.24) is 5.32 Å². The largest absolute Gasteiger partial charge is 0.452 e. The summed E-state index contributed by atoms with van der Waals surface area (Å²) in [5.41, 5.74) is 1.07. The maximum Gasteiger partial charge on any atom is 0.407 e. The predicted octanol–water partition coefficient (Wildman–Crippen LogP) is 2.31. The monoisotopic (exact) mass is 421 g/mol. The second-order valence-electron chi connectivity index (χ2n) is 7.95. The van der Waals surface area contributed by atoms with Gasteiger partial charge in [-0.15, -0.1) is 0 Å². The number of carbonyl (C=O) groups excluding carboxylic acids is 3. The summed E-state index contributed by atoms with van der Waals surface area (Å²) < 4.78 is 15.5. The summed E-state index contributed by atoms with van der Waals surface area (Å²) in [4.78, 5) is 37.9. The van der Waals surface area contributed by atoms with E-state index >= 15 is 0 Å². The van der Waals surface area contributed by atoms with Crippen LogP contribution in [0.5, 0.6) is 0 Å². The zero-order valence-electron chi connectivity index (χ0n) is 18.0. The smallest absolute Gasteiger partial charge is 0.407 e. The van der Waals surface area contributed by atoms with Crippen molar-refractivity contribution in [2.45, 2.75) is 45.8 Å². The third-order valence-electron chi connectivity index (χ3n) is 4.19. The van der Waals surface area contributed by atoms with Gasteiger partial charge in [0.1, 0.15) is 5.60 Å². The van der Waals surface area contributed by atoms with E-state index in [2.05, 4.69) is 15.5 Å². The minimum atomic E-state index is -0.960. The third-order valence-corrected chi connectivity index (χ3v) is 4.19. The number of alkyl carbamates (subject to hydrolysis) is 1. The zero-order chi connectivity index (χ0) is 22.1. The Bertz CT molecular complexity index is 723. The molecule has 0 radical (unpaired) electrons. The molecule has 1 aromatic carbocycles. The first-order valence-electron chi connectivity index (χ1n) is 10.0. The molecule has 2 rings (SSSR count). The molecule has 0 saturated carbocycles. The molecule has 9 nitrogen and oxygen atoms in total. The number of nitrogens with one attached hydrogen (secondary N) is 2. The lowest BCUT2D eigenvalue weighted by Gasteiger charge is -2.28. The van der Waals surface area contributed by atoms with Crippen molar-refractivity contribution in [2.24, 2.45) is 0 Å². The second kappa shape index (κ2) is 10.8. The van der Waals surface area contributed by atoms with E-state index in [0.29, 0.717) is 18.9 Å². The van der Waals surface area contributed by atoms with Gasteiger partial charge in [-0.25, -0.2) is 4.79 Å². The molecule has 0 bridgehead atoms. The Balaban J connectivity index is 1.72. The van der Waals surface area contributed by atoms with Crippen molar-refractivity contribution in [3.8, 4) is 0 Å². The van der Waals surface area contributed by atoms with Crippen LogP contribution in [0.15, 0.2) is 24.3 Å². The standard InChI is InChI=1S/C21H31N3O6/c1-15(29-18(25)9-10-22-20(27)30-21(2,3)4)19(26)23-16-5-7-17(8-6-16)24-11-13-28-14-12-24/h5-8,15H,9-14H2,1-4H3,(H,22,27)(H,23,26)/t15-/m1/s1. The first-order chi connectivity index (χ1) is 14.1. The van der Waals surface area contributed by atoms with Crippen LogP contribution in [0.25, 0.3) is 0 Å². The van der Waals surface area contributed by atoms with E-state index in [4.69, 9.17) is 14.2 Å². The highest BCUT2D eigenvalue weighted by molar-refractivity contribution is 5.95. The average molecular weight is 421 g/mol. The Hall–Kier alpha value is -2.81. The molecule has 1 aromatic rings. The summed E-state index contributed by atoms with van der Waals surface area (Å²) >= 11 is 0. The summed E-state index contributed by atoms with van der Waals surface area (Å²) in [5.74, 6) is -1.01. The summed E-state index contributed by atoms with van der Waals surface area (Å²) in [6.45, 7) is 9.87. The molecule has 2 N–H and O–H groups in total. The van der Waals surface area contributed by atoms with Crippen LogP contribution in [0.2, 0.25) is 0 Å². The van der Waals surface area contributed by atoms with Gasteiger partial charge >= 0.3 is 12.1 Å². The number of hydrogen-bond acceptors (Lipinski definition) is 7. The molecule has 1 fully saturated rings. The van der Waals surface area contributed by atoms with Gasteiger partial charge in [0.05, 0.1) is 19.6 Å². The number of benzene rings is 1. The number of amides is 2. The Morgan fingerprint density at radius 3 is 2.37 bits per heavy atom. The van der Waals surface area contributed by atoms with E-state index in [1.165, 1.54) is 6.92 Å². The Morgan fingerprint density at radius 2 is 1.77 bits per heavy atom. The number of esters is 1. The van der Waals surface area contributed by atoms with Crippen molar-refractivity contribution in [3.05, 3.63) is 24.3 Å². The molecule has 9 heteroatoms. The van der Waals surface area contributed by atoms with Crippen LogP contribution in [0.1, 0.15) is 34.1 Å². The molecule has 1 aliphatic rings. The highest BCUT2D eigenvalue weighted by Crippen LogP contribution is 2.19. The van der Waals surface area contributed by atoms with Gasteiger partial charge in [0, 0.05) is 31.0 Å². The van der Waals surface area contributed by atoms with Crippen molar-refractivity contribution >= 4 is 29.3 Å². The molecule has 166 valence electrons. The fourth-order valence-electron chi connectivity index (χ4n) is 2.71. The van der Waals surface area contributed by atoms with Crippen LogP contribution in [-0.2, 0) is 23.8 Å². The first-order valence-corrected chi connectivity index (χ1v) is 10.0. The fraction of sp³-hybridized carbons (Fsp3) is 0.571. The quantitative estimate of drug-likeness (QED) is 0.651. The van der Waals surface area contributed by atoms with Crippen LogP contribution < -0.4 is 15.5 Å². The lowest BCUT2D eigenvalue weighted by atomic mass is 10.2. The minimum absolute atomic E-state index is 0.0606. The first kappa shape index (κ1) is 23.5. The Kier molecular flexibility index (Phi) is 8.46. The molecule has 2 amide bonds. The predicted molar refractivity (Wildman–Crippen MR) is 113 cm³/mol. The van der Waals surface area contributed by atoms with Crippen LogP contribution >= 0.6 is 0 Å². The number of ether oxygens (including phenoxy) is 3. The van der Waals surface area contributed by atoms with Crippen molar-refractivity contribution in [1.29, 1.82) is 0 Å². The van der Waals surface area contributed by atoms with E-state index in [1.54, 1.807) is 20.8 Å². The minimum Gasteiger partial charge on any atom is -0.452 e. The van der Waals surface area contributed by atoms with E-state index in [9.17, 15) is 14.4 Å². The second-order valence-corrected chi connectivity index (χ2v) is 7.95. The van der Waals surface area contributed by atoms with E-state index < -0.39 is 29.7 Å². The van der Waals surface area contributed by atoms with E-state index in [1.807, 2.05) is 24.3 Å². The maximum atomic E-state index is 12.3. The Morgan fingerprint density at radius 1 is 1.13 bits per heavy atom. The summed E-state index contributed by atoms with van der Waals surface area (Å²) in [6.07, 6.45) is -1.63. The zero-order valence-corrected chi connectivity index (χ0v) is 18.0. The molecule has 0 spiro atoms. The topological polar surface area (TPSA) is 106 Å². The van der Waals surface area contributed by atoms with Gasteiger partial charge in [-0.05, 0) is 52.0 Å². The molecule has 0 aromatic heterocycles. The summed E-state index contributed by atoms with van der Waals surface area (Å²) in [5, 5.41) is 5.20. The van der Waals surface area contributed by atoms with Crippen molar-refractivity contribution in [3.63, 3.8) is 0 Å². The van der Waals surface area contributed by atoms with Gasteiger partial charge in [-0.2, -0.15) is 0 Å². The normalized spacial score (nSPS) is 15.1. The van der Waals surface area contributed by atoms with Gasteiger partial charge in [-0.3, -0.25) is 9.59 Å². The van der Waals surface area contributed by atoms with Gasteiger partial charge in [-0.1, -0.05) is 0 Å². The molecule has 0 aliphatic carbocycles. The Labute approximate surface area is 177 Å². The van der Waals surface area contributed by atoms with E-state index in [0.717, 1.165) is 18.8 Å². The fourth-order valence-corrected chi connectivity index (χ4v) is 2.71.